The highest BCUT2D eigenvalue weighted by atomic mass is 19.1. The van der Waals surface area contributed by atoms with E-state index >= 15 is 0 Å². The van der Waals surface area contributed by atoms with Gasteiger partial charge in [0.15, 0.2) is 0 Å². The largest absolute Gasteiger partial charge is 0.507 e. The van der Waals surface area contributed by atoms with Gasteiger partial charge in [0, 0.05) is 29.7 Å². The molecule has 1 fully saturated rings. The number of hydrogen-bond acceptors (Lipinski definition) is 5. The minimum absolute atomic E-state index is 0.0791. The van der Waals surface area contributed by atoms with Gasteiger partial charge in [0.1, 0.15) is 17.3 Å². The van der Waals surface area contributed by atoms with Crippen LogP contribution in [0.2, 0.25) is 0 Å². The van der Waals surface area contributed by atoms with E-state index in [9.17, 15) is 19.1 Å². The molecule has 31 heavy (non-hydrogen) atoms. The molecule has 0 bridgehead atoms. The van der Waals surface area contributed by atoms with E-state index in [0.717, 1.165) is 0 Å². The molecular weight excluding hydrogens is 399 g/mol. The lowest BCUT2D eigenvalue weighted by molar-refractivity contribution is -0.132. The lowest BCUT2D eigenvalue weighted by Gasteiger charge is -2.25. The SMILES string of the molecule is CCOc1cccc(N2C(=O)C(=O)/C(=C(/O)c3ccc(F)cc3)C2c2ccncc2)c1. The lowest BCUT2D eigenvalue weighted by atomic mass is 9.96. The van der Waals surface area contributed by atoms with Crippen LogP contribution >= 0.6 is 0 Å². The molecule has 4 rings (SSSR count). The van der Waals surface area contributed by atoms with E-state index < -0.39 is 23.5 Å². The zero-order valence-corrected chi connectivity index (χ0v) is 16.7. The first kappa shape index (κ1) is 20.3. The Morgan fingerprint density at radius 2 is 1.81 bits per heavy atom. The van der Waals surface area contributed by atoms with Gasteiger partial charge in [-0.25, -0.2) is 4.39 Å². The molecule has 6 nitrogen and oxygen atoms in total. The van der Waals surface area contributed by atoms with E-state index in [2.05, 4.69) is 4.98 Å². The van der Waals surface area contributed by atoms with Crippen molar-refractivity contribution in [3.05, 3.63) is 95.6 Å². The molecule has 0 saturated carbocycles. The fourth-order valence-corrected chi connectivity index (χ4v) is 3.61. The molecule has 1 aromatic heterocycles. The van der Waals surface area contributed by atoms with Gasteiger partial charge in [-0.3, -0.25) is 19.5 Å². The molecule has 2 aromatic carbocycles. The summed E-state index contributed by atoms with van der Waals surface area (Å²) < 4.78 is 18.9. The van der Waals surface area contributed by atoms with Gasteiger partial charge in [0.2, 0.25) is 0 Å². The summed E-state index contributed by atoms with van der Waals surface area (Å²) in [5.74, 6) is -1.91. The maximum absolute atomic E-state index is 13.3. The smallest absolute Gasteiger partial charge is 0.300 e. The Balaban J connectivity index is 1.91. The van der Waals surface area contributed by atoms with Gasteiger partial charge in [0.05, 0.1) is 18.2 Å². The molecule has 1 N–H and O–H groups in total. The Kier molecular flexibility index (Phi) is 5.49. The van der Waals surface area contributed by atoms with Crippen molar-refractivity contribution in [3.8, 4) is 5.75 Å². The number of amides is 1. The van der Waals surface area contributed by atoms with Gasteiger partial charge in [-0.15, -0.1) is 0 Å². The van der Waals surface area contributed by atoms with Crippen LogP contribution in [0.1, 0.15) is 24.1 Å². The zero-order valence-electron chi connectivity index (χ0n) is 16.7. The number of anilines is 1. The summed E-state index contributed by atoms with van der Waals surface area (Å²) in [5, 5.41) is 11.0. The van der Waals surface area contributed by atoms with Gasteiger partial charge < -0.3 is 9.84 Å². The molecule has 2 heterocycles. The van der Waals surface area contributed by atoms with Crippen molar-refractivity contribution in [2.24, 2.45) is 0 Å². The number of ether oxygens (including phenoxy) is 1. The number of halogens is 1. The fraction of sp³-hybridized carbons (Fsp3) is 0.125. The molecule has 7 heteroatoms. The first-order chi connectivity index (χ1) is 15.0. The number of rotatable bonds is 5. The summed E-state index contributed by atoms with van der Waals surface area (Å²) in [6, 6.07) is 14.4. The maximum Gasteiger partial charge on any atom is 0.300 e. The molecule has 0 radical (unpaired) electrons. The number of benzene rings is 2. The van der Waals surface area contributed by atoms with Crippen LogP contribution in [0.3, 0.4) is 0 Å². The summed E-state index contributed by atoms with van der Waals surface area (Å²) in [6.07, 6.45) is 3.09. The van der Waals surface area contributed by atoms with E-state index in [1.54, 1.807) is 48.8 Å². The third kappa shape index (κ3) is 3.77. The normalized spacial score (nSPS) is 17.7. The maximum atomic E-state index is 13.3. The number of carbonyl (C=O) groups is 2. The van der Waals surface area contributed by atoms with Crippen molar-refractivity contribution in [1.29, 1.82) is 0 Å². The molecule has 1 saturated heterocycles. The monoisotopic (exact) mass is 418 g/mol. The second-order valence-corrected chi connectivity index (χ2v) is 6.89. The summed E-state index contributed by atoms with van der Waals surface area (Å²) in [7, 11) is 0. The number of aliphatic hydroxyl groups is 1. The number of pyridine rings is 1. The highest BCUT2D eigenvalue weighted by molar-refractivity contribution is 6.51. The van der Waals surface area contributed by atoms with Crippen molar-refractivity contribution in [1.82, 2.24) is 4.98 Å². The van der Waals surface area contributed by atoms with E-state index in [1.165, 1.54) is 29.2 Å². The van der Waals surface area contributed by atoms with Gasteiger partial charge in [-0.1, -0.05) is 6.07 Å². The number of nitrogens with zero attached hydrogens (tertiary/aromatic N) is 2. The average Bonchev–Trinajstić information content (AvgIpc) is 3.05. The predicted molar refractivity (Wildman–Crippen MR) is 113 cm³/mol. The van der Waals surface area contributed by atoms with Crippen molar-refractivity contribution in [2.75, 3.05) is 11.5 Å². The highest BCUT2D eigenvalue weighted by Gasteiger charge is 2.47. The number of aromatic nitrogens is 1. The van der Waals surface area contributed by atoms with Gasteiger partial charge in [-0.2, -0.15) is 0 Å². The first-order valence-electron chi connectivity index (χ1n) is 9.71. The quantitative estimate of drug-likeness (QED) is 0.381. The topological polar surface area (TPSA) is 79.7 Å². The molecule has 0 spiro atoms. The van der Waals surface area contributed by atoms with Gasteiger partial charge >= 0.3 is 0 Å². The molecule has 156 valence electrons. The molecule has 1 aliphatic heterocycles. The van der Waals surface area contributed by atoms with E-state index in [4.69, 9.17) is 4.74 Å². The lowest BCUT2D eigenvalue weighted by Crippen LogP contribution is -2.29. The number of ketones is 1. The van der Waals surface area contributed by atoms with E-state index in [0.29, 0.717) is 23.6 Å². The van der Waals surface area contributed by atoms with Crippen molar-refractivity contribution in [3.63, 3.8) is 0 Å². The Hall–Kier alpha value is -4.00. The highest BCUT2D eigenvalue weighted by Crippen LogP contribution is 2.42. The molecule has 1 aliphatic rings. The number of hydrogen-bond donors (Lipinski definition) is 1. The summed E-state index contributed by atoms with van der Waals surface area (Å²) in [4.78, 5) is 31.4. The van der Waals surface area contributed by atoms with E-state index in [1.807, 2.05) is 6.92 Å². The van der Waals surface area contributed by atoms with Crippen LogP contribution in [-0.2, 0) is 9.59 Å². The second kappa shape index (κ2) is 8.39. The third-order valence-electron chi connectivity index (χ3n) is 4.99. The molecule has 1 atom stereocenters. The Morgan fingerprint density at radius 3 is 2.48 bits per heavy atom. The van der Waals surface area contributed by atoms with Crippen LogP contribution in [0.25, 0.3) is 5.76 Å². The second-order valence-electron chi connectivity index (χ2n) is 6.89. The minimum atomic E-state index is -0.884. The number of Topliss-reactive ketones (excluding diaryl/α,β-unsaturated/α-hetero) is 1. The zero-order chi connectivity index (χ0) is 22.0. The van der Waals surface area contributed by atoms with Crippen LogP contribution in [0.4, 0.5) is 10.1 Å². The van der Waals surface area contributed by atoms with Crippen LogP contribution in [0, 0.1) is 5.82 Å². The van der Waals surface area contributed by atoms with Crippen LogP contribution in [-0.4, -0.2) is 28.4 Å². The summed E-state index contributed by atoms with van der Waals surface area (Å²) in [5.41, 5.74) is 1.21. The fourth-order valence-electron chi connectivity index (χ4n) is 3.61. The first-order valence-corrected chi connectivity index (χ1v) is 9.71. The average molecular weight is 418 g/mol. The predicted octanol–water partition coefficient (Wildman–Crippen LogP) is 4.25. The summed E-state index contributed by atoms with van der Waals surface area (Å²) in [6.45, 7) is 2.29. The van der Waals surface area contributed by atoms with Crippen molar-refractivity contribution in [2.45, 2.75) is 13.0 Å². The van der Waals surface area contributed by atoms with E-state index in [-0.39, 0.29) is 16.9 Å². The van der Waals surface area contributed by atoms with Crippen molar-refractivity contribution < 1.29 is 23.8 Å². The Labute approximate surface area is 178 Å². The van der Waals surface area contributed by atoms with Gasteiger partial charge in [-0.05, 0) is 61.0 Å². The Bertz CT molecular complexity index is 1160. The Morgan fingerprint density at radius 1 is 1.10 bits per heavy atom. The summed E-state index contributed by atoms with van der Waals surface area (Å²) >= 11 is 0. The van der Waals surface area contributed by atoms with Crippen LogP contribution in [0.15, 0.2) is 78.6 Å². The molecule has 0 aliphatic carbocycles. The third-order valence-corrected chi connectivity index (χ3v) is 4.99. The standard InChI is InChI=1S/C24H19FN2O4/c1-2-31-19-5-3-4-18(14-19)27-21(15-10-12-26-13-11-15)20(23(29)24(27)30)22(28)16-6-8-17(25)9-7-16/h3-14,21,28H,2H2,1H3/b22-20+. The van der Waals surface area contributed by atoms with Gasteiger partial charge in [0.25, 0.3) is 11.7 Å². The minimum Gasteiger partial charge on any atom is -0.507 e. The molecule has 1 unspecified atom stereocenters. The van der Waals surface area contributed by atoms with Crippen LogP contribution in [0.5, 0.6) is 5.75 Å². The molecule has 3 aromatic rings. The molecule has 1 amide bonds. The number of carbonyl (C=O) groups excluding carboxylic acids is 2. The molecular formula is C24H19FN2O4. The van der Waals surface area contributed by atoms with Crippen LogP contribution < -0.4 is 9.64 Å². The number of aliphatic hydroxyl groups excluding tert-OH is 1. The van der Waals surface area contributed by atoms with Crippen molar-refractivity contribution >= 4 is 23.1 Å².